The maximum atomic E-state index is 12.4. The zero-order chi connectivity index (χ0) is 13.3. The van der Waals surface area contributed by atoms with Crippen LogP contribution in [0.1, 0.15) is 42.3 Å². The summed E-state index contributed by atoms with van der Waals surface area (Å²) in [6, 6.07) is -0.130. The van der Waals surface area contributed by atoms with Crippen LogP contribution in [0, 0.1) is 0 Å². The summed E-state index contributed by atoms with van der Waals surface area (Å²) < 4.78 is 5.41. The lowest BCUT2D eigenvalue weighted by Crippen LogP contribution is -2.55. The lowest BCUT2D eigenvalue weighted by atomic mass is 10.0. The third kappa shape index (κ3) is 2.55. The van der Waals surface area contributed by atoms with Crippen molar-refractivity contribution in [1.82, 2.24) is 9.88 Å². The molecule has 2 heterocycles. The fraction of sp³-hybridized carbons (Fsp3) is 0.667. The number of carbonyl (C=O) groups is 1. The van der Waals surface area contributed by atoms with Crippen LogP contribution in [0.4, 0.5) is 0 Å². The van der Waals surface area contributed by atoms with E-state index >= 15 is 0 Å². The average molecular weight is 269 g/mol. The summed E-state index contributed by atoms with van der Waals surface area (Å²) in [5, 5.41) is 2.58. The molecule has 1 unspecified atom stereocenters. The number of nitrogens with zero attached hydrogens (tertiary/aromatic N) is 2. The normalized spacial score (nSPS) is 20.8. The minimum absolute atomic E-state index is 0.0357. The van der Waals surface area contributed by atoms with Crippen molar-refractivity contribution >= 4 is 17.2 Å². The fourth-order valence-electron chi connectivity index (χ4n) is 1.97. The number of ether oxygens (including phenoxy) is 1. The summed E-state index contributed by atoms with van der Waals surface area (Å²) in [7, 11) is 0. The second-order valence-corrected chi connectivity index (χ2v) is 6.07. The molecule has 2 rings (SSSR count). The molecule has 1 amide bonds. The fourth-order valence-corrected chi connectivity index (χ4v) is 2.72. The van der Waals surface area contributed by atoms with E-state index in [9.17, 15) is 4.79 Å². The van der Waals surface area contributed by atoms with Gasteiger partial charge in [-0.05, 0) is 20.8 Å². The van der Waals surface area contributed by atoms with Crippen LogP contribution in [-0.4, -0.2) is 41.1 Å². The van der Waals surface area contributed by atoms with Gasteiger partial charge in [-0.1, -0.05) is 0 Å². The van der Waals surface area contributed by atoms with Crippen molar-refractivity contribution in [2.24, 2.45) is 5.73 Å². The number of amides is 1. The Morgan fingerprint density at radius 2 is 2.39 bits per heavy atom. The minimum Gasteiger partial charge on any atom is -0.377 e. The van der Waals surface area contributed by atoms with E-state index < -0.39 is 0 Å². The van der Waals surface area contributed by atoms with Crippen molar-refractivity contribution in [3.63, 3.8) is 0 Å². The predicted octanol–water partition coefficient (Wildman–Crippen LogP) is 1.41. The summed E-state index contributed by atoms with van der Waals surface area (Å²) in [6.45, 7) is 7.62. The van der Waals surface area contributed by atoms with Crippen LogP contribution in [0.25, 0.3) is 0 Å². The zero-order valence-corrected chi connectivity index (χ0v) is 11.8. The quantitative estimate of drug-likeness (QED) is 0.881. The molecule has 1 aliphatic rings. The molecule has 1 aromatic heterocycles. The maximum absolute atomic E-state index is 12.4. The first-order chi connectivity index (χ1) is 8.42. The van der Waals surface area contributed by atoms with Crippen molar-refractivity contribution in [2.75, 3.05) is 19.8 Å². The van der Waals surface area contributed by atoms with Crippen molar-refractivity contribution in [3.8, 4) is 0 Å². The molecule has 2 N–H and O–H groups in total. The molecule has 1 aliphatic heterocycles. The molecule has 0 aromatic carbocycles. The van der Waals surface area contributed by atoms with Gasteiger partial charge in [0, 0.05) is 11.9 Å². The van der Waals surface area contributed by atoms with Gasteiger partial charge in [-0.15, -0.1) is 11.3 Å². The first-order valence-corrected chi connectivity index (χ1v) is 6.90. The summed E-state index contributed by atoms with van der Waals surface area (Å²) in [6.07, 6.45) is 0. The number of carbonyl (C=O) groups excluding carboxylic acids is 1. The molecule has 0 bridgehead atoms. The number of hydrogen-bond acceptors (Lipinski definition) is 5. The third-order valence-electron chi connectivity index (χ3n) is 3.02. The highest BCUT2D eigenvalue weighted by Gasteiger charge is 2.35. The van der Waals surface area contributed by atoms with Crippen molar-refractivity contribution in [1.29, 1.82) is 0 Å². The highest BCUT2D eigenvalue weighted by molar-refractivity contribution is 7.09. The monoisotopic (exact) mass is 269 g/mol. The largest absolute Gasteiger partial charge is 0.377 e. The number of thiazole rings is 1. The van der Waals surface area contributed by atoms with Gasteiger partial charge in [-0.2, -0.15) is 0 Å². The van der Waals surface area contributed by atoms with Crippen LogP contribution in [0.2, 0.25) is 0 Å². The smallest absolute Gasteiger partial charge is 0.273 e. The molecule has 0 aliphatic carbocycles. The van der Waals surface area contributed by atoms with Crippen LogP contribution in [0.5, 0.6) is 0 Å². The van der Waals surface area contributed by atoms with Crippen LogP contribution in [0.3, 0.4) is 0 Å². The first-order valence-electron chi connectivity index (χ1n) is 6.02. The third-order valence-corrected chi connectivity index (χ3v) is 4.07. The van der Waals surface area contributed by atoms with Crippen LogP contribution in [-0.2, 0) is 4.74 Å². The second-order valence-electron chi connectivity index (χ2n) is 5.18. The Morgan fingerprint density at radius 1 is 1.67 bits per heavy atom. The zero-order valence-electron chi connectivity index (χ0n) is 11.0. The Hall–Kier alpha value is -0.980. The highest BCUT2D eigenvalue weighted by Crippen LogP contribution is 2.23. The summed E-state index contributed by atoms with van der Waals surface area (Å²) in [5.41, 5.74) is 5.97. The van der Waals surface area contributed by atoms with Gasteiger partial charge in [0.05, 0.1) is 24.8 Å². The van der Waals surface area contributed by atoms with E-state index in [0.29, 0.717) is 25.5 Å². The van der Waals surface area contributed by atoms with Gasteiger partial charge < -0.3 is 15.4 Å². The van der Waals surface area contributed by atoms with E-state index in [4.69, 9.17) is 10.5 Å². The van der Waals surface area contributed by atoms with Crippen molar-refractivity contribution in [3.05, 3.63) is 16.1 Å². The average Bonchev–Trinajstić information content (AvgIpc) is 2.77. The van der Waals surface area contributed by atoms with E-state index in [1.807, 2.05) is 25.7 Å². The van der Waals surface area contributed by atoms with Crippen LogP contribution in [0.15, 0.2) is 5.38 Å². The molecule has 1 saturated heterocycles. The van der Waals surface area contributed by atoms with E-state index in [1.165, 1.54) is 11.3 Å². The molecule has 1 atom stereocenters. The number of hydrogen-bond donors (Lipinski definition) is 1. The van der Waals surface area contributed by atoms with Gasteiger partial charge in [0.25, 0.3) is 5.91 Å². The predicted molar refractivity (Wildman–Crippen MR) is 70.7 cm³/mol. The Bertz CT molecular complexity index is 442. The molecule has 100 valence electrons. The molecule has 1 fully saturated rings. The molecule has 6 heteroatoms. The lowest BCUT2D eigenvalue weighted by Gasteiger charge is -2.41. The Balaban J connectivity index is 2.19. The molecule has 0 radical (unpaired) electrons. The summed E-state index contributed by atoms with van der Waals surface area (Å²) in [5.74, 6) is -0.0357. The lowest BCUT2D eigenvalue weighted by molar-refractivity contribution is -0.0372. The molecule has 5 nitrogen and oxygen atoms in total. The first kappa shape index (κ1) is 13.5. The molecule has 1 aromatic rings. The number of nitrogens with two attached hydrogens (primary N) is 1. The second kappa shape index (κ2) is 4.95. The Labute approximate surface area is 111 Å². The van der Waals surface area contributed by atoms with Crippen LogP contribution < -0.4 is 5.73 Å². The molecular formula is C12H19N3O2S. The maximum Gasteiger partial charge on any atom is 0.273 e. The van der Waals surface area contributed by atoms with Crippen LogP contribution >= 0.6 is 11.3 Å². The van der Waals surface area contributed by atoms with Gasteiger partial charge in [0.1, 0.15) is 10.7 Å². The Kier molecular flexibility index (Phi) is 3.70. The molecule has 0 saturated carbocycles. The van der Waals surface area contributed by atoms with E-state index in [-0.39, 0.29) is 17.5 Å². The van der Waals surface area contributed by atoms with E-state index in [1.54, 1.807) is 5.38 Å². The highest BCUT2D eigenvalue weighted by atomic mass is 32.1. The van der Waals surface area contributed by atoms with Gasteiger partial charge in [-0.25, -0.2) is 4.98 Å². The van der Waals surface area contributed by atoms with Gasteiger partial charge in [0.2, 0.25) is 0 Å². The van der Waals surface area contributed by atoms with Crippen molar-refractivity contribution in [2.45, 2.75) is 32.4 Å². The number of morpholine rings is 1. The molecule has 18 heavy (non-hydrogen) atoms. The molecular weight excluding hydrogens is 250 g/mol. The summed E-state index contributed by atoms with van der Waals surface area (Å²) in [4.78, 5) is 18.6. The van der Waals surface area contributed by atoms with E-state index in [2.05, 4.69) is 4.98 Å². The number of aromatic nitrogens is 1. The topological polar surface area (TPSA) is 68.5 Å². The van der Waals surface area contributed by atoms with E-state index in [0.717, 1.165) is 5.01 Å². The van der Waals surface area contributed by atoms with Gasteiger partial charge >= 0.3 is 0 Å². The molecule has 0 spiro atoms. The van der Waals surface area contributed by atoms with Gasteiger partial charge in [-0.3, -0.25) is 4.79 Å². The standard InChI is InChI=1S/C12H19N3O2S/c1-8(13)10-14-9(6-18-10)11(16)15-4-5-17-7-12(15,2)3/h6,8H,4-5,7,13H2,1-3H3. The summed E-state index contributed by atoms with van der Waals surface area (Å²) >= 11 is 1.44. The van der Waals surface area contributed by atoms with Crippen molar-refractivity contribution < 1.29 is 9.53 Å². The van der Waals surface area contributed by atoms with Gasteiger partial charge in [0.15, 0.2) is 0 Å². The SMILES string of the molecule is CC(N)c1nc(C(=O)N2CCOCC2(C)C)cs1. The minimum atomic E-state index is -0.284. The Morgan fingerprint density at radius 3 is 2.94 bits per heavy atom. The number of rotatable bonds is 2.